The summed E-state index contributed by atoms with van der Waals surface area (Å²) in [7, 11) is -4.12. The Kier molecular flexibility index (Phi) is 7.30. The third kappa shape index (κ3) is 5.30. The van der Waals surface area contributed by atoms with E-state index in [0.29, 0.717) is 0 Å². The van der Waals surface area contributed by atoms with Gasteiger partial charge in [-0.3, -0.25) is 4.55 Å². The summed E-state index contributed by atoms with van der Waals surface area (Å²) in [4.78, 5) is 0. The molecule has 1 rings (SSSR count). The Morgan fingerprint density at radius 2 is 1.90 bits per heavy atom. The predicted molar refractivity (Wildman–Crippen MR) is 74.3 cm³/mol. The number of aliphatic hydroxyl groups is 4. The van der Waals surface area contributed by atoms with Crippen molar-refractivity contribution >= 4 is 21.3 Å². The van der Waals surface area contributed by atoms with E-state index in [1.807, 2.05) is 0 Å². The molecule has 0 radical (unpaired) electrons. The smallest absolute Gasteiger partial charge is 0.394 e. The van der Waals surface area contributed by atoms with Gasteiger partial charge in [0.05, 0.1) is 13.2 Å². The first-order valence-electron chi connectivity index (χ1n) is 6.16. The molecule has 0 saturated carbocycles. The van der Waals surface area contributed by atoms with Crippen LogP contribution in [-0.4, -0.2) is 94.9 Å². The molecule has 1 aliphatic heterocycles. The van der Waals surface area contributed by atoms with Crippen LogP contribution < -0.4 is 0 Å². The van der Waals surface area contributed by atoms with Gasteiger partial charge in [0, 0.05) is 18.0 Å². The first-order valence-corrected chi connectivity index (χ1v) is 9.15. The number of hydrogen-bond acceptors (Lipinski definition) is 8. The molecule has 1 heterocycles. The van der Waals surface area contributed by atoms with Gasteiger partial charge in [0.15, 0.2) is 5.25 Å². The average Bonchev–Trinajstić information content (AvgIpc) is 2.67. The molecular formula is C10H21O9S2+. The van der Waals surface area contributed by atoms with E-state index in [2.05, 4.69) is 4.18 Å². The van der Waals surface area contributed by atoms with Crippen molar-refractivity contribution < 1.29 is 42.3 Å². The highest BCUT2D eigenvalue weighted by atomic mass is 32.3. The summed E-state index contributed by atoms with van der Waals surface area (Å²) in [6, 6.07) is 0. The fourth-order valence-corrected chi connectivity index (χ4v) is 5.52. The van der Waals surface area contributed by atoms with Crippen LogP contribution in [0.5, 0.6) is 0 Å². The minimum absolute atomic E-state index is 0.163. The SMILES string of the molecule is CO[C@H](C[S@@+]1C[C@@H](O)[C@H](O)[C@H]1CO)[C@H](CO)OS(=O)(=O)O. The number of hydrogen-bond donors (Lipinski definition) is 5. The largest absolute Gasteiger partial charge is 0.397 e. The van der Waals surface area contributed by atoms with Crippen molar-refractivity contribution in [3.63, 3.8) is 0 Å². The number of aliphatic hydroxyl groups excluding tert-OH is 4. The molecule has 0 aromatic rings. The highest BCUT2D eigenvalue weighted by molar-refractivity contribution is 7.97. The van der Waals surface area contributed by atoms with Crippen LogP contribution in [0.3, 0.4) is 0 Å². The van der Waals surface area contributed by atoms with Crippen LogP contribution in [0, 0.1) is 0 Å². The van der Waals surface area contributed by atoms with Crippen LogP contribution in [0.1, 0.15) is 0 Å². The zero-order chi connectivity index (χ0) is 16.2. The Morgan fingerprint density at radius 3 is 2.33 bits per heavy atom. The van der Waals surface area contributed by atoms with Gasteiger partial charge >= 0.3 is 10.4 Å². The monoisotopic (exact) mass is 349 g/mol. The molecule has 0 aromatic heterocycles. The van der Waals surface area contributed by atoms with Gasteiger partial charge in [-0.05, 0) is 0 Å². The first kappa shape index (κ1) is 19.1. The molecule has 0 amide bonds. The topological polar surface area (TPSA) is 154 Å². The van der Waals surface area contributed by atoms with E-state index in [9.17, 15) is 23.7 Å². The summed E-state index contributed by atoms with van der Waals surface area (Å²) in [6.45, 7) is -1.04. The van der Waals surface area contributed by atoms with Crippen LogP contribution in [0.25, 0.3) is 0 Å². The summed E-state index contributed by atoms with van der Waals surface area (Å²) in [5.41, 5.74) is 0. The maximum atomic E-state index is 10.7. The number of rotatable bonds is 8. The Labute approximate surface area is 125 Å². The summed E-state index contributed by atoms with van der Waals surface area (Å²) in [6.07, 6.45) is -4.23. The van der Waals surface area contributed by atoms with E-state index in [1.165, 1.54) is 7.11 Å². The standard InChI is InChI=1S/C10H20O9S2/c1-18-8(7(2-11)19-21(15,16)17)5-20-4-6(13)10(14)9(20)3-12/h6-14H,2-5H2,1H3/p+1/t6-,7+,8-,9-,10+,20-/m1/s1. The normalized spacial score (nSPS) is 33.0. The maximum absolute atomic E-state index is 10.7. The fraction of sp³-hybridized carbons (Fsp3) is 1.00. The molecule has 6 atom stereocenters. The van der Waals surface area contributed by atoms with E-state index in [4.69, 9.17) is 14.4 Å². The van der Waals surface area contributed by atoms with Crippen LogP contribution in [-0.2, 0) is 30.2 Å². The van der Waals surface area contributed by atoms with Crippen molar-refractivity contribution in [3.05, 3.63) is 0 Å². The predicted octanol–water partition coefficient (Wildman–Crippen LogP) is -3.10. The second-order valence-corrected chi connectivity index (χ2v) is 8.06. The highest BCUT2D eigenvalue weighted by Crippen LogP contribution is 2.26. The van der Waals surface area contributed by atoms with E-state index in [-0.39, 0.29) is 18.1 Å². The van der Waals surface area contributed by atoms with Gasteiger partial charge in [0.25, 0.3) is 0 Å². The molecule has 0 aromatic carbocycles. The minimum Gasteiger partial charge on any atom is -0.394 e. The Hall–Kier alpha value is 0.0200. The van der Waals surface area contributed by atoms with Crippen LogP contribution >= 0.6 is 0 Å². The molecule has 0 unspecified atom stereocenters. The zero-order valence-electron chi connectivity index (χ0n) is 11.4. The molecule has 1 saturated heterocycles. The second kappa shape index (κ2) is 8.04. The minimum atomic E-state index is -4.75. The van der Waals surface area contributed by atoms with Crippen molar-refractivity contribution in [3.8, 4) is 0 Å². The third-order valence-electron chi connectivity index (χ3n) is 3.29. The highest BCUT2D eigenvalue weighted by Gasteiger charge is 2.51. The van der Waals surface area contributed by atoms with Gasteiger partial charge in [-0.1, -0.05) is 0 Å². The van der Waals surface area contributed by atoms with Crippen LogP contribution in [0.2, 0.25) is 0 Å². The van der Waals surface area contributed by atoms with Crippen molar-refractivity contribution in [2.45, 2.75) is 29.7 Å². The average molecular weight is 349 g/mol. The summed E-state index contributed by atoms with van der Waals surface area (Å²) in [5, 5.41) is 37.2. The summed E-state index contributed by atoms with van der Waals surface area (Å²) >= 11 is 0. The quantitative estimate of drug-likeness (QED) is 0.226. The summed E-state index contributed by atoms with van der Waals surface area (Å²) in [5.74, 6) is 0.396. The molecule has 21 heavy (non-hydrogen) atoms. The van der Waals surface area contributed by atoms with Gasteiger partial charge in [0.2, 0.25) is 0 Å². The lowest BCUT2D eigenvalue weighted by atomic mass is 10.2. The van der Waals surface area contributed by atoms with Crippen LogP contribution in [0.15, 0.2) is 0 Å². The van der Waals surface area contributed by atoms with Crippen molar-refractivity contribution in [2.24, 2.45) is 0 Å². The lowest BCUT2D eigenvalue weighted by molar-refractivity contribution is -0.0133. The van der Waals surface area contributed by atoms with Gasteiger partial charge in [-0.15, -0.1) is 0 Å². The molecule has 0 aliphatic carbocycles. The zero-order valence-corrected chi connectivity index (χ0v) is 13.0. The molecule has 5 N–H and O–H groups in total. The molecule has 1 aliphatic rings. The summed E-state index contributed by atoms with van der Waals surface area (Å²) < 4.78 is 39.6. The molecule has 0 spiro atoms. The molecule has 9 nitrogen and oxygen atoms in total. The van der Waals surface area contributed by atoms with E-state index < -0.39 is 57.6 Å². The van der Waals surface area contributed by atoms with E-state index >= 15 is 0 Å². The number of methoxy groups -OCH3 is 1. The van der Waals surface area contributed by atoms with Crippen molar-refractivity contribution in [2.75, 3.05) is 31.8 Å². The van der Waals surface area contributed by atoms with Crippen LogP contribution in [0.4, 0.5) is 0 Å². The van der Waals surface area contributed by atoms with Gasteiger partial charge in [0.1, 0.15) is 35.9 Å². The van der Waals surface area contributed by atoms with E-state index in [1.54, 1.807) is 0 Å². The lowest BCUT2D eigenvalue weighted by Gasteiger charge is -2.23. The molecule has 11 heteroatoms. The Bertz CT molecular complexity index is 415. The molecule has 1 fully saturated rings. The molecule has 0 bridgehead atoms. The van der Waals surface area contributed by atoms with Gasteiger partial charge < -0.3 is 25.2 Å². The van der Waals surface area contributed by atoms with Crippen molar-refractivity contribution in [1.29, 1.82) is 0 Å². The molecule has 126 valence electrons. The van der Waals surface area contributed by atoms with Crippen molar-refractivity contribution in [1.82, 2.24) is 0 Å². The van der Waals surface area contributed by atoms with Gasteiger partial charge in [-0.25, -0.2) is 4.18 Å². The van der Waals surface area contributed by atoms with Gasteiger partial charge in [-0.2, -0.15) is 8.42 Å². The lowest BCUT2D eigenvalue weighted by Crippen LogP contribution is -2.43. The fourth-order valence-electron chi connectivity index (χ4n) is 2.20. The Morgan fingerprint density at radius 1 is 1.29 bits per heavy atom. The first-order chi connectivity index (χ1) is 9.73. The molecular weight excluding hydrogens is 328 g/mol. The third-order valence-corrected chi connectivity index (χ3v) is 6.59. The maximum Gasteiger partial charge on any atom is 0.397 e. The second-order valence-electron chi connectivity index (χ2n) is 4.67. The number of ether oxygens (including phenoxy) is 1. The van der Waals surface area contributed by atoms with E-state index in [0.717, 1.165) is 0 Å². The Balaban J connectivity index is 2.76.